The zero-order valence-electron chi connectivity index (χ0n) is 12.7. The smallest absolute Gasteiger partial charge is 0.310 e. The van der Waals surface area contributed by atoms with Gasteiger partial charge in [-0.2, -0.15) is 0 Å². The van der Waals surface area contributed by atoms with E-state index in [0.717, 1.165) is 19.5 Å². The molecule has 0 bridgehead atoms. The Kier molecular flexibility index (Phi) is 5.18. The molecule has 0 radical (unpaired) electrons. The predicted octanol–water partition coefficient (Wildman–Crippen LogP) is 3.10. The highest BCUT2D eigenvalue weighted by molar-refractivity contribution is 5.73. The molecular formula is C17H25NO2. The molecule has 20 heavy (non-hydrogen) atoms. The van der Waals surface area contributed by atoms with Gasteiger partial charge >= 0.3 is 5.97 Å². The molecule has 1 aliphatic rings. The Bertz CT molecular complexity index is 432. The minimum Gasteiger partial charge on any atom is -0.466 e. The largest absolute Gasteiger partial charge is 0.466 e. The summed E-state index contributed by atoms with van der Waals surface area (Å²) >= 11 is 0. The second-order valence-electron chi connectivity index (χ2n) is 5.75. The highest BCUT2D eigenvalue weighted by atomic mass is 16.5. The Morgan fingerprint density at radius 1 is 1.40 bits per heavy atom. The van der Waals surface area contributed by atoms with Crippen LogP contribution in [0.15, 0.2) is 30.3 Å². The standard InChI is InChI=1S/C17H25NO2/c1-4-20-17(19)14(3)16-13(2)10-11-18(16)12-15-8-6-5-7-9-15/h5-9,13-14,16H,4,10-12H2,1-3H3/t13-,14+,16-/m0/s1. The second-order valence-corrected chi connectivity index (χ2v) is 5.75. The lowest BCUT2D eigenvalue weighted by Crippen LogP contribution is -2.41. The Morgan fingerprint density at radius 2 is 2.10 bits per heavy atom. The van der Waals surface area contributed by atoms with Crippen molar-refractivity contribution in [3.05, 3.63) is 35.9 Å². The minimum absolute atomic E-state index is 0.0591. The highest BCUT2D eigenvalue weighted by Gasteiger charge is 2.38. The molecule has 0 unspecified atom stereocenters. The number of hydrogen-bond acceptors (Lipinski definition) is 3. The summed E-state index contributed by atoms with van der Waals surface area (Å²) in [5.74, 6) is 0.415. The molecule has 0 saturated carbocycles. The van der Waals surface area contributed by atoms with Crippen LogP contribution in [0.3, 0.4) is 0 Å². The molecule has 1 saturated heterocycles. The molecule has 1 aromatic carbocycles. The maximum atomic E-state index is 12.0. The molecule has 3 heteroatoms. The number of likely N-dealkylation sites (tertiary alicyclic amines) is 1. The molecule has 1 aromatic rings. The maximum absolute atomic E-state index is 12.0. The third-order valence-electron chi connectivity index (χ3n) is 4.28. The zero-order valence-corrected chi connectivity index (χ0v) is 12.7. The summed E-state index contributed by atoms with van der Waals surface area (Å²) in [6.45, 7) is 8.55. The third-order valence-corrected chi connectivity index (χ3v) is 4.28. The fraction of sp³-hybridized carbons (Fsp3) is 0.588. The van der Waals surface area contributed by atoms with Gasteiger partial charge < -0.3 is 4.74 Å². The van der Waals surface area contributed by atoms with Crippen LogP contribution in [0.5, 0.6) is 0 Å². The van der Waals surface area contributed by atoms with Crippen LogP contribution in [0, 0.1) is 11.8 Å². The van der Waals surface area contributed by atoms with Crippen molar-refractivity contribution in [3.8, 4) is 0 Å². The summed E-state index contributed by atoms with van der Waals surface area (Å²) in [4.78, 5) is 14.5. The summed E-state index contributed by atoms with van der Waals surface area (Å²) in [6.07, 6.45) is 1.15. The van der Waals surface area contributed by atoms with E-state index in [4.69, 9.17) is 4.74 Å². The van der Waals surface area contributed by atoms with Gasteiger partial charge in [0.15, 0.2) is 0 Å². The quantitative estimate of drug-likeness (QED) is 0.773. The van der Waals surface area contributed by atoms with Crippen molar-refractivity contribution >= 4 is 5.97 Å². The maximum Gasteiger partial charge on any atom is 0.310 e. The van der Waals surface area contributed by atoms with E-state index in [9.17, 15) is 4.79 Å². The van der Waals surface area contributed by atoms with Gasteiger partial charge in [-0.25, -0.2) is 0 Å². The zero-order chi connectivity index (χ0) is 14.5. The number of nitrogens with zero attached hydrogens (tertiary/aromatic N) is 1. The fourth-order valence-corrected chi connectivity index (χ4v) is 3.27. The fourth-order valence-electron chi connectivity index (χ4n) is 3.27. The van der Waals surface area contributed by atoms with Crippen LogP contribution in [-0.2, 0) is 16.1 Å². The van der Waals surface area contributed by atoms with Gasteiger partial charge in [-0.15, -0.1) is 0 Å². The van der Waals surface area contributed by atoms with E-state index in [-0.39, 0.29) is 17.9 Å². The van der Waals surface area contributed by atoms with Crippen molar-refractivity contribution in [1.82, 2.24) is 4.90 Å². The first-order chi connectivity index (χ1) is 9.63. The SMILES string of the molecule is CCOC(=O)[C@H](C)[C@@H]1[C@@H](C)CCN1Cc1ccccc1. The van der Waals surface area contributed by atoms with E-state index in [1.807, 2.05) is 19.9 Å². The summed E-state index contributed by atoms with van der Waals surface area (Å²) in [7, 11) is 0. The van der Waals surface area contributed by atoms with E-state index >= 15 is 0 Å². The lowest BCUT2D eigenvalue weighted by atomic mass is 9.91. The third kappa shape index (κ3) is 3.40. The molecule has 2 rings (SSSR count). The Hall–Kier alpha value is -1.35. The van der Waals surface area contributed by atoms with Crippen LogP contribution in [0.2, 0.25) is 0 Å². The van der Waals surface area contributed by atoms with Crippen LogP contribution in [0.25, 0.3) is 0 Å². The molecule has 0 spiro atoms. The number of hydrogen-bond donors (Lipinski definition) is 0. The summed E-state index contributed by atoms with van der Waals surface area (Å²) < 4.78 is 5.20. The van der Waals surface area contributed by atoms with Crippen molar-refractivity contribution in [2.75, 3.05) is 13.2 Å². The van der Waals surface area contributed by atoms with Crippen LogP contribution in [-0.4, -0.2) is 30.1 Å². The number of benzene rings is 1. The van der Waals surface area contributed by atoms with Crippen LogP contribution >= 0.6 is 0 Å². The lowest BCUT2D eigenvalue weighted by Gasteiger charge is -2.30. The lowest BCUT2D eigenvalue weighted by molar-refractivity contribution is -0.150. The van der Waals surface area contributed by atoms with E-state index in [1.165, 1.54) is 5.56 Å². The molecule has 1 fully saturated rings. The van der Waals surface area contributed by atoms with Gasteiger partial charge in [0, 0.05) is 12.6 Å². The van der Waals surface area contributed by atoms with Crippen molar-refractivity contribution in [2.45, 2.75) is 39.8 Å². The van der Waals surface area contributed by atoms with E-state index < -0.39 is 0 Å². The average molecular weight is 275 g/mol. The summed E-state index contributed by atoms with van der Waals surface area (Å²) in [5, 5.41) is 0. The molecule has 1 aliphatic heterocycles. The first-order valence-corrected chi connectivity index (χ1v) is 7.58. The number of carbonyl (C=O) groups excluding carboxylic acids is 1. The normalized spacial score (nSPS) is 24.6. The Balaban J connectivity index is 2.06. The number of esters is 1. The van der Waals surface area contributed by atoms with Crippen molar-refractivity contribution in [2.24, 2.45) is 11.8 Å². The first kappa shape index (κ1) is 15.0. The van der Waals surface area contributed by atoms with Gasteiger partial charge in [-0.05, 0) is 31.4 Å². The molecule has 0 aliphatic carbocycles. The summed E-state index contributed by atoms with van der Waals surface area (Å²) in [5.41, 5.74) is 1.31. The van der Waals surface area contributed by atoms with E-state index in [1.54, 1.807) is 0 Å². The predicted molar refractivity (Wildman–Crippen MR) is 80.2 cm³/mol. The van der Waals surface area contributed by atoms with Gasteiger partial charge in [0.05, 0.1) is 12.5 Å². The number of rotatable bonds is 5. The molecule has 0 N–H and O–H groups in total. The van der Waals surface area contributed by atoms with Crippen LogP contribution in [0.1, 0.15) is 32.8 Å². The van der Waals surface area contributed by atoms with Gasteiger partial charge in [-0.1, -0.05) is 44.2 Å². The van der Waals surface area contributed by atoms with Crippen LogP contribution < -0.4 is 0 Å². The molecule has 3 nitrogen and oxygen atoms in total. The topological polar surface area (TPSA) is 29.5 Å². The second kappa shape index (κ2) is 6.89. The van der Waals surface area contributed by atoms with Gasteiger partial charge in [0.2, 0.25) is 0 Å². The number of carbonyl (C=O) groups is 1. The van der Waals surface area contributed by atoms with Crippen molar-refractivity contribution < 1.29 is 9.53 Å². The van der Waals surface area contributed by atoms with Gasteiger partial charge in [0.25, 0.3) is 0 Å². The average Bonchev–Trinajstić information content (AvgIpc) is 2.80. The molecule has 110 valence electrons. The first-order valence-electron chi connectivity index (χ1n) is 7.58. The molecule has 0 amide bonds. The molecule has 0 aromatic heterocycles. The minimum atomic E-state index is -0.0655. The monoisotopic (exact) mass is 275 g/mol. The van der Waals surface area contributed by atoms with Crippen LogP contribution in [0.4, 0.5) is 0 Å². The molecular weight excluding hydrogens is 250 g/mol. The Morgan fingerprint density at radius 3 is 2.75 bits per heavy atom. The molecule has 3 atom stereocenters. The van der Waals surface area contributed by atoms with Gasteiger partial charge in [0.1, 0.15) is 0 Å². The van der Waals surface area contributed by atoms with Gasteiger partial charge in [-0.3, -0.25) is 9.69 Å². The number of ether oxygens (including phenoxy) is 1. The van der Waals surface area contributed by atoms with E-state index in [0.29, 0.717) is 12.5 Å². The Labute approximate surface area is 121 Å². The molecule has 1 heterocycles. The van der Waals surface area contributed by atoms with Crippen molar-refractivity contribution in [1.29, 1.82) is 0 Å². The highest BCUT2D eigenvalue weighted by Crippen LogP contribution is 2.31. The summed E-state index contributed by atoms with van der Waals surface area (Å²) in [6, 6.07) is 10.8. The van der Waals surface area contributed by atoms with Crippen molar-refractivity contribution in [3.63, 3.8) is 0 Å². The van der Waals surface area contributed by atoms with E-state index in [2.05, 4.69) is 36.1 Å².